The summed E-state index contributed by atoms with van der Waals surface area (Å²) in [4.78, 5) is 16.2. The van der Waals surface area contributed by atoms with Crippen LogP contribution in [-0.2, 0) is 16.6 Å². The number of carbonyl (C=O) groups excluding carboxylic acids is 1. The summed E-state index contributed by atoms with van der Waals surface area (Å²) in [5.74, 6) is -0.342. The van der Waals surface area contributed by atoms with Crippen LogP contribution in [0.4, 0.5) is 0 Å². The molecule has 0 aliphatic rings. The third-order valence-electron chi connectivity index (χ3n) is 2.44. The molecule has 4 nitrogen and oxygen atoms in total. The van der Waals surface area contributed by atoms with E-state index in [4.69, 9.17) is 4.74 Å². The lowest BCUT2D eigenvalue weighted by Gasteiger charge is -2.07. The Balaban J connectivity index is 2.90. The summed E-state index contributed by atoms with van der Waals surface area (Å²) in [5.41, 5.74) is 1.23. The number of hydrogen-bond donors (Lipinski definition) is 0. The van der Waals surface area contributed by atoms with Gasteiger partial charge in [-0.2, -0.15) is 0 Å². The number of hydrogen-bond acceptors (Lipinski definition) is 3. The zero-order valence-corrected chi connectivity index (χ0v) is 10.8. The number of aliphatic imine (C=N–C) groups is 1. The first-order valence-corrected chi connectivity index (χ1v) is 6.04. The molecule has 0 N–H and O–H groups in total. The smallest absolute Gasteiger partial charge is 0.358 e. The van der Waals surface area contributed by atoms with Crippen molar-refractivity contribution in [2.75, 3.05) is 13.2 Å². The maximum absolute atomic E-state index is 11.8. The number of carbonyl (C=O) groups is 1. The van der Waals surface area contributed by atoms with Crippen molar-refractivity contribution in [3.05, 3.63) is 24.0 Å². The Morgan fingerprint density at radius 3 is 2.76 bits per heavy atom. The highest BCUT2D eigenvalue weighted by Gasteiger charge is 2.17. The highest BCUT2D eigenvalue weighted by Crippen LogP contribution is 2.05. The maximum atomic E-state index is 11.8. The predicted octanol–water partition coefficient (Wildman–Crippen LogP) is 2.18. The lowest BCUT2D eigenvalue weighted by molar-refractivity contribution is -0.135. The Morgan fingerprint density at radius 2 is 2.24 bits per heavy atom. The van der Waals surface area contributed by atoms with Gasteiger partial charge >= 0.3 is 5.97 Å². The van der Waals surface area contributed by atoms with Gasteiger partial charge in [0.1, 0.15) is 0 Å². The summed E-state index contributed by atoms with van der Waals surface area (Å²) >= 11 is 0. The molecular formula is C13H20N2O2. The molecule has 0 atom stereocenters. The first-order chi connectivity index (χ1) is 8.20. The lowest BCUT2D eigenvalue weighted by atomic mass is 10.2. The van der Waals surface area contributed by atoms with Gasteiger partial charge in [0.2, 0.25) is 0 Å². The van der Waals surface area contributed by atoms with Gasteiger partial charge < -0.3 is 9.30 Å². The molecule has 0 aliphatic carbocycles. The van der Waals surface area contributed by atoms with E-state index < -0.39 is 0 Å². The molecule has 4 heteroatoms. The van der Waals surface area contributed by atoms with Gasteiger partial charge in [-0.15, -0.1) is 0 Å². The van der Waals surface area contributed by atoms with Crippen molar-refractivity contribution in [1.29, 1.82) is 0 Å². The Kier molecular flexibility index (Phi) is 5.46. The van der Waals surface area contributed by atoms with E-state index in [0.29, 0.717) is 18.9 Å². The number of esters is 1. The zero-order chi connectivity index (χ0) is 12.7. The molecular weight excluding hydrogens is 216 g/mol. The Hall–Kier alpha value is -1.58. The molecule has 17 heavy (non-hydrogen) atoms. The Bertz CT molecular complexity index is 394. The first-order valence-electron chi connectivity index (χ1n) is 6.04. The molecule has 0 aromatic carbocycles. The Labute approximate surface area is 102 Å². The number of rotatable bonds is 6. The van der Waals surface area contributed by atoms with Crippen LogP contribution in [0.15, 0.2) is 23.3 Å². The second kappa shape index (κ2) is 6.89. The van der Waals surface area contributed by atoms with Crippen LogP contribution in [0.2, 0.25) is 0 Å². The molecule has 1 aromatic heterocycles. The van der Waals surface area contributed by atoms with Crippen LogP contribution in [0.3, 0.4) is 0 Å². The van der Waals surface area contributed by atoms with Crippen LogP contribution in [0.5, 0.6) is 0 Å². The monoisotopic (exact) mass is 236 g/mol. The number of aromatic nitrogens is 1. The molecule has 0 spiro atoms. The minimum Gasteiger partial charge on any atom is -0.461 e. The highest BCUT2D eigenvalue weighted by molar-refractivity contribution is 6.42. The molecule has 1 aromatic rings. The van der Waals surface area contributed by atoms with Crippen LogP contribution in [0.25, 0.3) is 0 Å². The molecule has 0 saturated carbocycles. The van der Waals surface area contributed by atoms with Crippen LogP contribution in [0.1, 0.15) is 32.4 Å². The quantitative estimate of drug-likeness (QED) is 0.431. The third kappa shape index (κ3) is 3.73. The van der Waals surface area contributed by atoms with Gasteiger partial charge in [-0.05, 0) is 25.5 Å². The average molecular weight is 236 g/mol. The molecule has 1 heterocycles. The summed E-state index contributed by atoms with van der Waals surface area (Å²) in [5, 5.41) is 0. The van der Waals surface area contributed by atoms with Crippen molar-refractivity contribution in [3.63, 3.8) is 0 Å². The van der Waals surface area contributed by atoms with Crippen LogP contribution in [-0.4, -0.2) is 29.4 Å². The van der Waals surface area contributed by atoms with Crippen LogP contribution >= 0.6 is 0 Å². The summed E-state index contributed by atoms with van der Waals surface area (Å²) in [7, 11) is 1.89. The van der Waals surface area contributed by atoms with Gasteiger partial charge in [0.05, 0.1) is 12.3 Å². The number of nitrogens with zero attached hydrogens (tertiary/aromatic N) is 2. The van der Waals surface area contributed by atoms with Crippen molar-refractivity contribution in [3.8, 4) is 0 Å². The van der Waals surface area contributed by atoms with E-state index in [-0.39, 0.29) is 5.97 Å². The minimum absolute atomic E-state index is 0.342. The normalized spacial score (nSPS) is 11.6. The van der Waals surface area contributed by atoms with Crippen molar-refractivity contribution in [1.82, 2.24) is 4.57 Å². The maximum Gasteiger partial charge on any atom is 0.358 e. The predicted molar refractivity (Wildman–Crippen MR) is 68.4 cm³/mol. The number of ether oxygens (including phenoxy) is 1. The standard InChI is InChI=1S/C13H20N2O2/c1-4-6-9-14-12(13(16)17-5-2)11-8-7-10-15(11)3/h7-8,10H,4-6,9H2,1-3H3/b14-12-. The molecule has 0 saturated heterocycles. The molecule has 94 valence electrons. The van der Waals surface area contributed by atoms with Crippen molar-refractivity contribution >= 4 is 11.7 Å². The lowest BCUT2D eigenvalue weighted by Crippen LogP contribution is -2.21. The molecule has 0 amide bonds. The van der Waals surface area contributed by atoms with E-state index in [9.17, 15) is 4.79 Å². The van der Waals surface area contributed by atoms with Gasteiger partial charge in [-0.25, -0.2) is 4.79 Å². The van der Waals surface area contributed by atoms with E-state index in [1.807, 2.05) is 29.9 Å². The van der Waals surface area contributed by atoms with E-state index in [0.717, 1.165) is 18.5 Å². The molecule has 0 aliphatic heterocycles. The van der Waals surface area contributed by atoms with E-state index in [1.54, 1.807) is 6.92 Å². The van der Waals surface area contributed by atoms with Crippen molar-refractivity contribution in [2.24, 2.45) is 12.0 Å². The Morgan fingerprint density at radius 1 is 1.47 bits per heavy atom. The van der Waals surface area contributed by atoms with E-state index >= 15 is 0 Å². The summed E-state index contributed by atoms with van der Waals surface area (Å²) in [6, 6.07) is 3.77. The topological polar surface area (TPSA) is 43.6 Å². The van der Waals surface area contributed by atoms with Gasteiger partial charge in [0.25, 0.3) is 0 Å². The third-order valence-corrected chi connectivity index (χ3v) is 2.44. The summed E-state index contributed by atoms with van der Waals surface area (Å²) < 4.78 is 6.91. The molecule has 0 fully saturated rings. The molecule has 0 radical (unpaired) electrons. The average Bonchev–Trinajstić information content (AvgIpc) is 2.71. The van der Waals surface area contributed by atoms with Gasteiger partial charge in [-0.3, -0.25) is 4.99 Å². The molecule has 0 bridgehead atoms. The van der Waals surface area contributed by atoms with Crippen LogP contribution < -0.4 is 0 Å². The van der Waals surface area contributed by atoms with Gasteiger partial charge in [0.15, 0.2) is 5.71 Å². The van der Waals surface area contributed by atoms with Crippen LogP contribution in [0, 0.1) is 0 Å². The largest absolute Gasteiger partial charge is 0.461 e. The van der Waals surface area contributed by atoms with Gasteiger partial charge in [-0.1, -0.05) is 13.3 Å². The first kappa shape index (κ1) is 13.5. The number of aryl methyl sites for hydroxylation is 1. The number of unbranched alkanes of at least 4 members (excludes halogenated alkanes) is 1. The van der Waals surface area contributed by atoms with E-state index in [2.05, 4.69) is 11.9 Å². The van der Waals surface area contributed by atoms with Gasteiger partial charge in [0, 0.05) is 19.8 Å². The fourth-order valence-corrected chi connectivity index (χ4v) is 1.51. The second-order valence-electron chi connectivity index (χ2n) is 3.81. The second-order valence-corrected chi connectivity index (χ2v) is 3.81. The molecule has 0 unspecified atom stereocenters. The fourth-order valence-electron chi connectivity index (χ4n) is 1.51. The summed E-state index contributed by atoms with van der Waals surface area (Å²) in [6.07, 6.45) is 3.93. The van der Waals surface area contributed by atoms with Crippen molar-refractivity contribution < 1.29 is 9.53 Å². The summed E-state index contributed by atoms with van der Waals surface area (Å²) in [6.45, 7) is 4.93. The minimum atomic E-state index is -0.342. The molecule has 1 rings (SSSR count). The zero-order valence-electron chi connectivity index (χ0n) is 10.8. The fraction of sp³-hybridized carbons (Fsp3) is 0.538. The van der Waals surface area contributed by atoms with E-state index in [1.165, 1.54) is 0 Å². The highest BCUT2D eigenvalue weighted by atomic mass is 16.5. The SMILES string of the molecule is CCCC/N=C(\C(=O)OCC)c1cccn1C. The van der Waals surface area contributed by atoms with Crippen molar-refractivity contribution in [2.45, 2.75) is 26.7 Å².